The van der Waals surface area contributed by atoms with Crippen molar-refractivity contribution in [3.63, 3.8) is 0 Å². The van der Waals surface area contributed by atoms with E-state index in [2.05, 4.69) is 25.6 Å². The Bertz CT molecular complexity index is 1100. The zero-order valence-electron chi connectivity index (χ0n) is 16.6. The molecule has 0 unspecified atom stereocenters. The zero-order chi connectivity index (χ0) is 21.3. The van der Waals surface area contributed by atoms with Gasteiger partial charge < -0.3 is 15.4 Å². The second-order valence-corrected chi connectivity index (χ2v) is 7.51. The molecule has 4 rings (SSSR count). The second-order valence-electron chi connectivity index (χ2n) is 7.10. The van der Waals surface area contributed by atoms with Crippen LogP contribution in [0, 0.1) is 5.82 Å². The molecule has 9 heteroatoms. The van der Waals surface area contributed by atoms with Crippen molar-refractivity contribution in [2.75, 3.05) is 18.5 Å². The Balaban J connectivity index is 1.77. The number of nitrogens with one attached hydrogen (secondary N) is 2. The van der Waals surface area contributed by atoms with Crippen molar-refractivity contribution < 1.29 is 13.9 Å². The Hall–Kier alpha value is -3.00. The van der Waals surface area contributed by atoms with Gasteiger partial charge in [0.15, 0.2) is 5.82 Å². The quantitative estimate of drug-likeness (QED) is 0.615. The van der Waals surface area contributed by atoms with Gasteiger partial charge in [-0.1, -0.05) is 11.6 Å². The van der Waals surface area contributed by atoms with Gasteiger partial charge >= 0.3 is 0 Å². The molecule has 1 saturated heterocycles. The molecule has 30 heavy (non-hydrogen) atoms. The molecule has 1 amide bonds. The van der Waals surface area contributed by atoms with Crippen molar-refractivity contribution in [3.8, 4) is 5.75 Å². The summed E-state index contributed by atoms with van der Waals surface area (Å²) in [5.41, 5.74) is 2.35. The molecule has 0 bridgehead atoms. The zero-order valence-corrected chi connectivity index (χ0v) is 17.3. The molecule has 2 aromatic heterocycles. The average Bonchev–Trinajstić information content (AvgIpc) is 3.17. The van der Waals surface area contributed by atoms with Crippen LogP contribution in [0.5, 0.6) is 5.75 Å². The number of halogens is 2. The summed E-state index contributed by atoms with van der Waals surface area (Å²) >= 11 is 6.25. The number of nitrogens with zero attached hydrogens (tertiary/aromatic N) is 3. The van der Waals surface area contributed by atoms with E-state index < -0.39 is 5.82 Å². The topological polar surface area (TPSA) is 89.0 Å². The second kappa shape index (κ2) is 8.39. The Morgan fingerprint density at radius 3 is 2.97 bits per heavy atom. The lowest BCUT2D eigenvalue weighted by molar-refractivity contribution is -0.119. The van der Waals surface area contributed by atoms with Gasteiger partial charge in [-0.15, -0.1) is 0 Å². The van der Waals surface area contributed by atoms with Gasteiger partial charge in [0.25, 0.3) is 0 Å². The minimum absolute atomic E-state index is 0.0119. The number of carbonyl (C=O) groups excluding carboxylic acids is 1. The van der Waals surface area contributed by atoms with Gasteiger partial charge in [0.2, 0.25) is 5.91 Å². The van der Waals surface area contributed by atoms with Gasteiger partial charge in [-0.2, -0.15) is 0 Å². The van der Waals surface area contributed by atoms with Crippen LogP contribution in [0.1, 0.15) is 43.4 Å². The van der Waals surface area contributed by atoms with E-state index in [0.717, 1.165) is 0 Å². The lowest BCUT2D eigenvalue weighted by Crippen LogP contribution is -2.16. The molecular weight excluding hydrogens is 409 g/mol. The number of aromatic nitrogens is 3. The summed E-state index contributed by atoms with van der Waals surface area (Å²) in [6.07, 6.45) is 3.32. The summed E-state index contributed by atoms with van der Waals surface area (Å²) in [4.78, 5) is 24.6. The van der Waals surface area contributed by atoms with Gasteiger partial charge in [0, 0.05) is 36.2 Å². The van der Waals surface area contributed by atoms with Crippen LogP contribution in [0.4, 0.5) is 10.2 Å². The molecule has 3 aromatic rings. The fourth-order valence-electron chi connectivity index (χ4n) is 3.73. The highest BCUT2D eigenvalue weighted by Crippen LogP contribution is 2.42. The minimum atomic E-state index is -0.549. The molecule has 1 aromatic carbocycles. The van der Waals surface area contributed by atoms with E-state index in [1.165, 1.54) is 6.33 Å². The summed E-state index contributed by atoms with van der Waals surface area (Å²) in [6.45, 7) is 4.43. The van der Waals surface area contributed by atoms with Crippen LogP contribution >= 0.6 is 11.6 Å². The first kappa shape index (κ1) is 20.3. The molecule has 1 aliphatic heterocycles. The highest BCUT2D eigenvalue weighted by atomic mass is 35.5. The monoisotopic (exact) mass is 429 g/mol. The van der Waals surface area contributed by atoms with Crippen LogP contribution in [0.2, 0.25) is 5.02 Å². The van der Waals surface area contributed by atoms with Crippen LogP contribution in [0.25, 0.3) is 11.0 Å². The van der Waals surface area contributed by atoms with Gasteiger partial charge in [-0.25, -0.2) is 14.4 Å². The predicted molar refractivity (Wildman–Crippen MR) is 112 cm³/mol. The molecule has 2 N–H and O–H groups in total. The lowest BCUT2D eigenvalue weighted by Gasteiger charge is -2.24. The summed E-state index contributed by atoms with van der Waals surface area (Å²) in [5.74, 6) is -0.0486. The minimum Gasteiger partial charge on any atom is -0.493 e. The lowest BCUT2D eigenvalue weighted by atomic mass is 9.92. The number of benzene rings is 1. The number of rotatable bonds is 6. The van der Waals surface area contributed by atoms with E-state index in [0.29, 0.717) is 46.9 Å². The number of ether oxygens (including phenoxy) is 1. The van der Waals surface area contributed by atoms with Crippen molar-refractivity contribution in [1.29, 1.82) is 0 Å². The maximum absolute atomic E-state index is 15.0. The van der Waals surface area contributed by atoms with E-state index in [-0.39, 0.29) is 29.3 Å². The molecule has 2 atom stereocenters. The number of amides is 1. The highest BCUT2D eigenvalue weighted by molar-refractivity contribution is 6.31. The van der Waals surface area contributed by atoms with E-state index in [1.807, 2.05) is 19.9 Å². The average molecular weight is 430 g/mol. The Morgan fingerprint density at radius 2 is 2.23 bits per heavy atom. The summed E-state index contributed by atoms with van der Waals surface area (Å²) in [7, 11) is 0. The normalized spacial score (nSPS) is 17.1. The molecule has 7 nitrogen and oxygen atoms in total. The van der Waals surface area contributed by atoms with Gasteiger partial charge in [0.1, 0.15) is 23.4 Å². The van der Waals surface area contributed by atoms with E-state index in [9.17, 15) is 4.79 Å². The van der Waals surface area contributed by atoms with E-state index in [4.69, 9.17) is 16.3 Å². The number of carbonyl (C=O) groups is 1. The molecular formula is C21H21ClFN5O2. The van der Waals surface area contributed by atoms with Gasteiger partial charge in [-0.3, -0.25) is 9.78 Å². The first-order valence-corrected chi connectivity index (χ1v) is 10.1. The van der Waals surface area contributed by atoms with Gasteiger partial charge in [-0.05, 0) is 32.0 Å². The predicted octanol–water partition coefficient (Wildman–Crippen LogP) is 3.99. The van der Waals surface area contributed by atoms with Crippen LogP contribution in [0.3, 0.4) is 0 Å². The SMILES string of the molecule is CCOc1c([C@@H](C)Nc2ncnc3cccnc23)cc(Cl)c(F)c1[C@@H]1CNC(=O)C1. The fraction of sp³-hybridized carbons (Fsp3) is 0.333. The van der Waals surface area contributed by atoms with Crippen LogP contribution < -0.4 is 15.4 Å². The standard InChI is InChI=1S/C21H21ClFN5O2/c1-3-30-20-13(8-14(22)18(23)17(20)12-7-16(29)25-9-12)11(2)28-21-19-15(26-10-27-21)5-4-6-24-19/h4-6,8,10-12H,3,7,9H2,1-2H3,(H,25,29)(H,26,27,28)/t11-,12+/m1/s1. The van der Waals surface area contributed by atoms with Crippen molar-refractivity contribution >= 4 is 34.4 Å². The molecule has 1 aliphatic rings. The Labute approximate surface area is 178 Å². The van der Waals surface area contributed by atoms with Crippen molar-refractivity contribution in [1.82, 2.24) is 20.3 Å². The number of pyridine rings is 1. The summed E-state index contributed by atoms with van der Waals surface area (Å²) < 4.78 is 20.9. The van der Waals surface area contributed by atoms with Crippen LogP contribution in [-0.4, -0.2) is 34.0 Å². The van der Waals surface area contributed by atoms with Crippen molar-refractivity contribution in [2.24, 2.45) is 0 Å². The van der Waals surface area contributed by atoms with E-state index in [1.54, 1.807) is 18.3 Å². The molecule has 0 radical (unpaired) electrons. The summed E-state index contributed by atoms with van der Waals surface area (Å²) in [5, 5.41) is 6.05. The molecule has 3 heterocycles. The highest BCUT2D eigenvalue weighted by Gasteiger charge is 2.32. The molecule has 0 spiro atoms. The smallest absolute Gasteiger partial charge is 0.220 e. The van der Waals surface area contributed by atoms with Crippen LogP contribution in [0.15, 0.2) is 30.7 Å². The third-order valence-electron chi connectivity index (χ3n) is 5.12. The maximum atomic E-state index is 15.0. The Morgan fingerprint density at radius 1 is 1.40 bits per heavy atom. The fourth-order valence-corrected chi connectivity index (χ4v) is 3.95. The number of anilines is 1. The van der Waals surface area contributed by atoms with E-state index >= 15 is 4.39 Å². The molecule has 156 valence electrons. The maximum Gasteiger partial charge on any atom is 0.220 e. The number of fused-ring (bicyclic) bond motifs is 1. The Kier molecular flexibility index (Phi) is 5.67. The third-order valence-corrected chi connectivity index (χ3v) is 5.40. The third kappa shape index (κ3) is 3.75. The van der Waals surface area contributed by atoms with Crippen molar-refractivity contribution in [3.05, 3.63) is 52.7 Å². The largest absolute Gasteiger partial charge is 0.493 e. The van der Waals surface area contributed by atoms with Crippen LogP contribution in [-0.2, 0) is 4.79 Å². The van der Waals surface area contributed by atoms with Gasteiger partial charge in [0.05, 0.1) is 23.2 Å². The van der Waals surface area contributed by atoms with Crippen molar-refractivity contribution in [2.45, 2.75) is 32.2 Å². The molecule has 0 saturated carbocycles. The number of hydrogen-bond acceptors (Lipinski definition) is 6. The number of hydrogen-bond donors (Lipinski definition) is 2. The molecule has 0 aliphatic carbocycles. The first-order valence-electron chi connectivity index (χ1n) is 9.73. The first-order chi connectivity index (χ1) is 14.5. The molecule has 1 fully saturated rings. The summed E-state index contributed by atoms with van der Waals surface area (Å²) in [6, 6.07) is 4.89.